The lowest BCUT2D eigenvalue weighted by atomic mass is 10.1. The minimum Gasteiger partial charge on any atom is -0.445 e. The summed E-state index contributed by atoms with van der Waals surface area (Å²) in [6, 6.07) is 17.7. The highest BCUT2D eigenvalue weighted by Gasteiger charge is 2.18. The summed E-state index contributed by atoms with van der Waals surface area (Å²) >= 11 is 0. The Morgan fingerprint density at radius 3 is 2.11 bits per heavy atom. The first-order valence-electron chi connectivity index (χ1n) is 8.62. The summed E-state index contributed by atoms with van der Waals surface area (Å²) in [5.41, 5.74) is 7.12. The van der Waals surface area contributed by atoms with Crippen molar-refractivity contribution in [3.8, 4) is 0 Å². The molecule has 0 bridgehead atoms. The average Bonchev–Trinajstić information content (AvgIpc) is 2.67. The van der Waals surface area contributed by atoms with Crippen molar-refractivity contribution in [3.63, 3.8) is 0 Å². The maximum Gasteiger partial charge on any atom is 0.407 e. The number of nitrogens with one attached hydrogen (secondary N) is 2. The molecule has 0 spiro atoms. The van der Waals surface area contributed by atoms with Gasteiger partial charge in [-0.15, -0.1) is 0 Å². The monoisotopic (exact) mass is 369 g/mol. The van der Waals surface area contributed by atoms with E-state index in [1.165, 1.54) is 0 Å². The molecule has 0 heterocycles. The Labute approximate surface area is 157 Å². The Morgan fingerprint density at radius 1 is 0.926 bits per heavy atom. The van der Waals surface area contributed by atoms with Gasteiger partial charge in [-0.05, 0) is 11.1 Å². The third-order valence-corrected chi connectivity index (χ3v) is 3.80. The highest BCUT2D eigenvalue weighted by Crippen LogP contribution is 2.03. The van der Waals surface area contributed by atoms with Gasteiger partial charge in [-0.25, -0.2) is 4.79 Å². The van der Waals surface area contributed by atoms with Gasteiger partial charge in [0, 0.05) is 19.4 Å². The Hall–Kier alpha value is -3.35. The van der Waals surface area contributed by atoms with E-state index in [1.54, 1.807) is 0 Å². The summed E-state index contributed by atoms with van der Waals surface area (Å²) in [5.74, 6) is -0.986. The third-order valence-electron chi connectivity index (χ3n) is 3.80. The number of alkyl carbamates (subject to hydrolysis) is 1. The zero-order valence-corrected chi connectivity index (χ0v) is 14.9. The SMILES string of the molecule is NC(=O)[C@H](Cc1ccccc1)NC(=O)CCNC(=O)OCc1ccccc1. The van der Waals surface area contributed by atoms with Gasteiger partial charge in [0.15, 0.2) is 0 Å². The van der Waals surface area contributed by atoms with Crippen LogP contribution < -0.4 is 16.4 Å². The van der Waals surface area contributed by atoms with Crippen LogP contribution in [0.1, 0.15) is 17.5 Å². The molecule has 0 aliphatic heterocycles. The molecule has 2 rings (SSSR count). The summed E-state index contributed by atoms with van der Waals surface area (Å²) in [6.07, 6.45) is -0.282. The molecule has 3 amide bonds. The molecular weight excluding hydrogens is 346 g/mol. The summed E-state index contributed by atoms with van der Waals surface area (Å²) in [5, 5.41) is 5.09. The van der Waals surface area contributed by atoms with Gasteiger partial charge < -0.3 is 21.1 Å². The third kappa shape index (κ3) is 7.60. The second-order valence-corrected chi connectivity index (χ2v) is 5.95. The Bertz CT molecular complexity index is 750. The Kier molecular flexibility index (Phi) is 7.84. The predicted molar refractivity (Wildman–Crippen MR) is 101 cm³/mol. The van der Waals surface area contributed by atoms with Crippen LogP contribution in [0.25, 0.3) is 0 Å². The van der Waals surface area contributed by atoms with Gasteiger partial charge >= 0.3 is 6.09 Å². The molecule has 0 aromatic heterocycles. The van der Waals surface area contributed by atoms with Crippen LogP contribution in [0.3, 0.4) is 0 Å². The largest absolute Gasteiger partial charge is 0.445 e. The number of rotatable bonds is 9. The molecule has 0 saturated carbocycles. The molecule has 7 nitrogen and oxygen atoms in total. The van der Waals surface area contributed by atoms with Gasteiger partial charge in [0.2, 0.25) is 11.8 Å². The van der Waals surface area contributed by atoms with Crippen LogP contribution in [0.4, 0.5) is 4.79 Å². The molecule has 2 aromatic carbocycles. The van der Waals surface area contributed by atoms with Crippen LogP contribution in [0.5, 0.6) is 0 Å². The van der Waals surface area contributed by atoms with Crippen LogP contribution in [-0.4, -0.2) is 30.5 Å². The summed E-state index contributed by atoms with van der Waals surface area (Å²) in [6.45, 7) is 0.246. The molecule has 0 aliphatic rings. The number of amides is 3. The molecule has 0 fully saturated rings. The standard InChI is InChI=1S/C20H23N3O4/c21-19(25)17(13-15-7-3-1-4-8-15)23-18(24)11-12-22-20(26)27-14-16-9-5-2-6-10-16/h1-10,17H,11-14H2,(H2,21,25)(H,22,26)(H,23,24)/t17-/m0/s1. The van der Waals surface area contributed by atoms with Crippen molar-refractivity contribution in [2.24, 2.45) is 5.73 Å². The van der Waals surface area contributed by atoms with E-state index in [0.29, 0.717) is 6.42 Å². The number of nitrogens with two attached hydrogens (primary N) is 1. The molecule has 4 N–H and O–H groups in total. The minimum absolute atomic E-state index is 0.0129. The lowest BCUT2D eigenvalue weighted by Gasteiger charge is -2.15. The quantitative estimate of drug-likeness (QED) is 0.622. The average molecular weight is 369 g/mol. The molecule has 0 saturated heterocycles. The first-order chi connectivity index (χ1) is 13.0. The van der Waals surface area contributed by atoms with E-state index >= 15 is 0 Å². The maximum atomic E-state index is 12.0. The molecule has 142 valence electrons. The number of carbonyl (C=O) groups is 3. The number of carbonyl (C=O) groups excluding carboxylic acids is 3. The Morgan fingerprint density at radius 2 is 1.52 bits per heavy atom. The van der Waals surface area contributed by atoms with Crippen LogP contribution in [0.15, 0.2) is 60.7 Å². The first-order valence-corrected chi connectivity index (χ1v) is 8.62. The van der Waals surface area contributed by atoms with Gasteiger partial charge in [0.1, 0.15) is 12.6 Å². The van der Waals surface area contributed by atoms with Crippen molar-refractivity contribution in [2.75, 3.05) is 6.54 Å². The normalized spacial score (nSPS) is 11.3. The van der Waals surface area contributed by atoms with E-state index in [-0.39, 0.29) is 25.5 Å². The van der Waals surface area contributed by atoms with E-state index in [0.717, 1.165) is 11.1 Å². The molecule has 0 aliphatic carbocycles. The highest BCUT2D eigenvalue weighted by molar-refractivity contribution is 5.87. The predicted octanol–water partition coefficient (Wildman–Crippen LogP) is 1.52. The Balaban J connectivity index is 1.69. The van der Waals surface area contributed by atoms with Crippen LogP contribution in [0, 0.1) is 0 Å². The fourth-order valence-electron chi connectivity index (χ4n) is 2.39. The number of hydrogen-bond acceptors (Lipinski definition) is 4. The summed E-state index contributed by atoms with van der Waals surface area (Å²) in [4.78, 5) is 35.2. The van der Waals surface area contributed by atoms with E-state index in [4.69, 9.17) is 10.5 Å². The molecule has 0 unspecified atom stereocenters. The molecule has 1 atom stereocenters. The molecule has 0 radical (unpaired) electrons. The van der Waals surface area contributed by atoms with E-state index in [1.807, 2.05) is 60.7 Å². The number of primary amides is 1. The van der Waals surface area contributed by atoms with Crippen LogP contribution >= 0.6 is 0 Å². The van der Waals surface area contributed by atoms with Crippen LogP contribution in [0.2, 0.25) is 0 Å². The molecular formula is C20H23N3O4. The summed E-state index contributed by atoms with van der Waals surface area (Å²) < 4.78 is 5.05. The van der Waals surface area contributed by atoms with E-state index in [9.17, 15) is 14.4 Å². The minimum atomic E-state index is -0.801. The van der Waals surface area contributed by atoms with Gasteiger partial charge in [-0.1, -0.05) is 60.7 Å². The fraction of sp³-hybridized carbons (Fsp3) is 0.250. The lowest BCUT2D eigenvalue weighted by Crippen LogP contribution is -2.46. The van der Waals surface area contributed by atoms with Crippen molar-refractivity contribution in [1.29, 1.82) is 0 Å². The van der Waals surface area contributed by atoms with Crippen molar-refractivity contribution in [3.05, 3.63) is 71.8 Å². The second kappa shape index (κ2) is 10.6. The molecule has 27 heavy (non-hydrogen) atoms. The number of ether oxygens (including phenoxy) is 1. The molecule has 7 heteroatoms. The smallest absolute Gasteiger partial charge is 0.407 e. The maximum absolute atomic E-state index is 12.0. The zero-order chi connectivity index (χ0) is 19.5. The highest BCUT2D eigenvalue weighted by atomic mass is 16.5. The first kappa shape index (κ1) is 20.0. The second-order valence-electron chi connectivity index (χ2n) is 5.95. The van der Waals surface area contributed by atoms with Gasteiger partial charge in [-0.3, -0.25) is 9.59 Å². The topological polar surface area (TPSA) is 111 Å². The lowest BCUT2D eigenvalue weighted by molar-refractivity contribution is -0.127. The summed E-state index contributed by atoms with van der Waals surface area (Å²) in [7, 11) is 0. The van der Waals surface area contributed by atoms with Crippen LogP contribution in [-0.2, 0) is 27.4 Å². The van der Waals surface area contributed by atoms with Gasteiger partial charge in [-0.2, -0.15) is 0 Å². The van der Waals surface area contributed by atoms with Crippen molar-refractivity contribution >= 4 is 17.9 Å². The van der Waals surface area contributed by atoms with E-state index in [2.05, 4.69) is 10.6 Å². The van der Waals surface area contributed by atoms with Crippen molar-refractivity contribution < 1.29 is 19.1 Å². The molecule has 2 aromatic rings. The fourth-order valence-corrected chi connectivity index (χ4v) is 2.39. The number of hydrogen-bond donors (Lipinski definition) is 3. The van der Waals surface area contributed by atoms with E-state index < -0.39 is 18.0 Å². The number of benzene rings is 2. The van der Waals surface area contributed by atoms with Gasteiger partial charge in [0.25, 0.3) is 0 Å². The van der Waals surface area contributed by atoms with Crippen molar-refractivity contribution in [2.45, 2.75) is 25.5 Å². The zero-order valence-electron chi connectivity index (χ0n) is 14.9. The van der Waals surface area contributed by atoms with Gasteiger partial charge in [0.05, 0.1) is 0 Å². The van der Waals surface area contributed by atoms with Crippen molar-refractivity contribution in [1.82, 2.24) is 10.6 Å².